The molecule has 120 valence electrons. The van der Waals surface area contributed by atoms with Crippen molar-refractivity contribution in [2.24, 2.45) is 0 Å². The average molecular weight is 317 g/mol. The third-order valence-corrected chi connectivity index (χ3v) is 4.07. The number of hydrogen-bond acceptors (Lipinski definition) is 3. The second-order valence-electron chi connectivity index (χ2n) is 5.83. The summed E-state index contributed by atoms with van der Waals surface area (Å²) in [5.74, 6) is -1.69. The van der Waals surface area contributed by atoms with Crippen molar-refractivity contribution in [1.82, 2.24) is 5.32 Å². The minimum atomic E-state index is -1.07. The van der Waals surface area contributed by atoms with Crippen molar-refractivity contribution in [3.8, 4) is 0 Å². The molecule has 0 aliphatic heterocycles. The maximum Gasteiger partial charge on any atom is 0.311 e. The molecule has 1 aliphatic rings. The van der Waals surface area contributed by atoms with Gasteiger partial charge in [0.05, 0.1) is 17.4 Å². The lowest BCUT2D eigenvalue weighted by atomic mass is 10.0. The third-order valence-electron chi connectivity index (χ3n) is 4.07. The number of carboxylic acids is 1. The van der Waals surface area contributed by atoms with E-state index in [0.717, 1.165) is 0 Å². The number of carbonyl (C=O) groups is 2. The maximum atomic E-state index is 13.4. The lowest BCUT2D eigenvalue weighted by Gasteiger charge is -2.18. The highest BCUT2D eigenvalue weighted by Crippen LogP contribution is 2.46. The number of furan rings is 1. The fraction of sp³-hybridized carbons (Fsp3) is 0.294. The largest absolute Gasteiger partial charge is 0.481 e. The molecule has 3 rings (SSSR count). The molecule has 1 saturated carbocycles. The summed E-state index contributed by atoms with van der Waals surface area (Å²) in [7, 11) is 0. The maximum absolute atomic E-state index is 13.4. The van der Waals surface area contributed by atoms with E-state index in [1.807, 2.05) is 0 Å². The molecule has 0 spiro atoms. The highest BCUT2D eigenvalue weighted by atomic mass is 19.1. The summed E-state index contributed by atoms with van der Waals surface area (Å²) in [5.41, 5.74) is 0.958. The van der Waals surface area contributed by atoms with Gasteiger partial charge < -0.3 is 14.8 Å². The fourth-order valence-electron chi connectivity index (χ4n) is 2.75. The summed E-state index contributed by atoms with van der Waals surface area (Å²) in [6, 6.07) is 6.15. The van der Waals surface area contributed by atoms with Crippen LogP contribution in [-0.4, -0.2) is 17.0 Å². The Hall–Kier alpha value is -2.63. The molecule has 0 unspecified atom stereocenters. The van der Waals surface area contributed by atoms with Crippen LogP contribution in [0.15, 0.2) is 34.9 Å². The Kier molecular flexibility index (Phi) is 3.67. The van der Waals surface area contributed by atoms with E-state index >= 15 is 0 Å². The minimum Gasteiger partial charge on any atom is -0.481 e. The molecule has 1 aromatic heterocycles. The molecule has 0 atom stereocenters. The molecule has 6 heteroatoms. The Morgan fingerprint density at radius 1 is 1.39 bits per heavy atom. The van der Waals surface area contributed by atoms with Crippen LogP contribution in [0.4, 0.5) is 4.39 Å². The van der Waals surface area contributed by atoms with Gasteiger partial charge in [0.15, 0.2) is 0 Å². The molecule has 0 bridgehead atoms. The van der Waals surface area contributed by atoms with Crippen LogP contribution >= 0.6 is 0 Å². The van der Waals surface area contributed by atoms with Crippen LogP contribution in [-0.2, 0) is 16.8 Å². The SMILES string of the molecule is Cc1coc(CC(=O)O)c1C(=O)NC1(c2cccc(F)c2)CC1. The number of aliphatic carboxylic acids is 1. The van der Waals surface area contributed by atoms with E-state index in [9.17, 15) is 14.0 Å². The Morgan fingerprint density at radius 3 is 2.74 bits per heavy atom. The first-order chi connectivity index (χ1) is 10.9. The quantitative estimate of drug-likeness (QED) is 0.888. The van der Waals surface area contributed by atoms with Gasteiger partial charge in [-0.1, -0.05) is 12.1 Å². The summed E-state index contributed by atoms with van der Waals surface area (Å²) in [6.07, 6.45) is 2.44. The predicted molar refractivity (Wildman–Crippen MR) is 79.6 cm³/mol. The van der Waals surface area contributed by atoms with E-state index < -0.39 is 17.4 Å². The van der Waals surface area contributed by atoms with Gasteiger partial charge in [-0.15, -0.1) is 0 Å². The summed E-state index contributed by atoms with van der Waals surface area (Å²) < 4.78 is 18.6. The molecular weight excluding hydrogens is 301 g/mol. The van der Waals surface area contributed by atoms with Crippen LogP contribution in [0, 0.1) is 12.7 Å². The van der Waals surface area contributed by atoms with Crippen molar-refractivity contribution in [3.05, 3.63) is 58.8 Å². The molecule has 2 N–H and O–H groups in total. The van der Waals surface area contributed by atoms with Crippen molar-refractivity contribution in [1.29, 1.82) is 0 Å². The zero-order valence-electron chi connectivity index (χ0n) is 12.6. The van der Waals surface area contributed by atoms with Crippen LogP contribution in [0.2, 0.25) is 0 Å². The number of nitrogens with one attached hydrogen (secondary N) is 1. The van der Waals surface area contributed by atoms with Gasteiger partial charge >= 0.3 is 5.97 Å². The van der Waals surface area contributed by atoms with E-state index in [2.05, 4.69) is 5.32 Å². The average Bonchev–Trinajstić information content (AvgIpc) is 3.16. The lowest BCUT2D eigenvalue weighted by molar-refractivity contribution is -0.136. The van der Waals surface area contributed by atoms with Crippen LogP contribution in [0.1, 0.15) is 40.1 Å². The van der Waals surface area contributed by atoms with E-state index in [-0.39, 0.29) is 23.6 Å². The van der Waals surface area contributed by atoms with Gasteiger partial charge in [-0.2, -0.15) is 0 Å². The first-order valence-corrected chi connectivity index (χ1v) is 7.28. The normalized spacial score (nSPS) is 15.2. The second kappa shape index (κ2) is 5.53. The minimum absolute atomic E-state index is 0.127. The van der Waals surface area contributed by atoms with Gasteiger partial charge in [0.1, 0.15) is 18.0 Å². The molecule has 0 saturated heterocycles. The molecule has 1 fully saturated rings. The smallest absolute Gasteiger partial charge is 0.311 e. The topological polar surface area (TPSA) is 79.5 Å². The van der Waals surface area contributed by atoms with Crippen molar-refractivity contribution < 1.29 is 23.5 Å². The molecule has 1 amide bonds. The van der Waals surface area contributed by atoms with Gasteiger partial charge in [0.2, 0.25) is 0 Å². The Morgan fingerprint density at radius 2 is 2.13 bits per heavy atom. The first-order valence-electron chi connectivity index (χ1n) is 7.28. The predicted octanol–water partition coefficient (Wildman–Crippen LogP) is 2.77. The standard InChI is InChI=1S/C17H16FNO4/c1-10-9-23-13(8-14(20)21)15(10)16(22)19-17(5-6-17)11-3-2-4-12(18)7-11/h2-4,7,9H,5-6,8H2,1H3,(H,19,22)(H,20,21). The lowest BCUT2D eigenvalue weighted by Crippen LogP contribution is -2.35. The monoisotopic (exact) mass is 317 g/mol. The van der Waals surface area contributed by atoms with Crippen LogP contribution in [0.3, 0.4) is 0 Å². The van der Waals surface area contributed by atoms with Gasteiger partial charge in [-0.3, -0.25) is 9.59 Å². The second-order valence-corrected chi connectivity index (χ2v) is 5.83. The summed E-state index contributed by atoms with van der Waals surface area (Å²) >= 11 is 0. The molecule has 5 nitrogen and oxygen atoms in total. The molecular formula is C17H16FNO4. The molecule has 0 radical (unpaired) electrons. The Labute approximate surface area is 132 Å². The van der Waals surface area contributed by atoms with Gasteiger partial charge in [0.25, 0.3) is 5.91 Å². The van der Waals surface area contributed by atoms with Gasteiger partial charge in [-0.05, 0) is 37.5 Å². The van der Waals surface area contributed by atoms with E-state index in [4.69, 9.17) is 9.52 Å². The third kappa shape index (κ3) is 2.97. The van der Waals surface area contributed by atoms with Gasteiger partial charge in [-0.25, -0.2) is 4.39 Å². The van der Waals surface area contributed by atoms with Crippen molar-refractivity contribution in [3.63, 3.8) is 0 Å². The van der Waals surface area contributed by atoms with Crippen molar-refractivity contribution in [2.45, 2.75) is 31.7 Å². The molecule has 1 aromatic carbocycles. The summed E-state index contributed by atoms with van der Waals surface area (Å²) in [6.45, 7) is 1.69. The van der Waals surface area contributed by atoms with E-state index in [0.29, 0.717) is 24.0 Å². The number of halogens is 1. The number of benzene rings is 1. The Bertz CT molecular complexity index is 777. The molecule has 1 heterocycles. The first kappa shape index (κ1) is 15.3. The zero-order valence-corrected chi connectivity index (χ0v) is 12.6. The van der Waals surface area contributed by atoms with Crippen LogP contribution in [0.5, 0.6) is 0 Å². The van der Waals surface area contributed by atoms with E-state index in [1.165, 1.54) is 18.4 Å². The molecule has 2 aromatic rings. The van der Waals surface area contributed by atoms with Crippen molar-refractivity contribution in [2.75, 3.05) is 0 Å². The number of amides is 1. The number of carbonyl (C=O) groups excluding carboxylic acids is 1. The Balaban J connectivity index is 1.85. The number of carboxylic acid groups (broad SMARTS) is 1. The van der Waals surface area contributed by atoms with Crippen LogP contribution in [0.25, 0.3) is 0 Å². The number of rotatable bonds is 5. The van der Waals surface area contributed by atoms with Crippen molar-refractivity contribution >= 4 is 11.9 Å². The molecule has 23 heavy (non-hydrogen) atoms. The fourth-order valence-corrected chi connectivity index (χ4v) is 2.75. The zero-order chi connectivity index (χ0) is 16.6. The molecule has 1 aliphatic carbocycles. The summed E-state index contributed by atoms with van der Waals surface area (Å²) in [4.78, 5) is 23.5. The highest BCUT2D eigenvalue weighted by Gasteiger charge is 2.46. The van der Waals surface area contributed by atoms with Crippen LogP contribution < -0.4 is 5.32 Å². The number of hydrogen-bond donors (Lipinski definition) is 2. The number of aryl methyl sites for hydroxylation is 1. The van der Waals surface area contributed by atoms with Gasteiger partial charge in [0, 0.05) is 5.56 Å². The van der Waals surface area contributed by atoms with E-state index in [1.54, 1.807) is 19.1 Å². The highest BCUT2D eigenvalue weighted by molar-refractivity contribution is 5.98. The summed E-state index contributed by atoms with van der Waals surface area (Å²) in [5, 5.41) is 11.8.